The Hall–Kier alpha value is -3.43. The number of nitrogens with two attached hydrogens (primary N) is 1. The summed E-state index contributed by atoms with van der Waals surface area (Å²) in [6.07, 6.45) is 0.435. The summed E-state index contributed by atoms with van der Waals surface area (Å²) in [6.45, 7) is 0.186. The number of amides is 1. The van der Waals surface area contributed by atoms with E-state index < -0.39 is 6.10 Å². The highest BCUT2D eigenvalue weighted by Gasteiger charge is 2.26. The number of ether oxygens (including phenoxy) is 2. The Balaban J connectivity index is 1.34. The summed E-state index contributed by atoms with van der Waals surface area (Å²) in [4.78, 5) is 21.2. The Morgan fingerprint density at radius 2 is 1.87 bits per heavy atom. The van der Waals surface area contributed by atoms with Crippen LogP contribution in [0.5, 0.6) is 11.5 Å². The highest BCUT2D eigenvalue weighted by Crippen LogP contribution is 2.30. The molecule has 1 atom stereocenters. The van der Waals surface area contributed by atoms with Crippen molar-refractivity contribution >= 4 is 22.6 Å². The Morgan fingerprint density at radius 3 is 2.65 bits per heavy atom. The zero-order chi connectivity index (χ0) is 21.8. The molecule has 9 heteroatoms. The number of anilines is 1. The molecular formula is C22H24N4O5. The number of carbonyl (C=O) groups excluding carboxylic acids is 1. The number of aliphatic hydroxyl groups is 2. The standard InChI is InChI=1S/C22H24N4O5/c23-21-15-8-13(10-27)14(11-28)9-16(15)25-20(26-21)6-3-7-24-22(29)19-12-30-17-4-1-2-5-18(17)31-19/h1-2,4-5,8-9,19,27-28H,3,6-7,10-12H2,(H,24,29)(H2,23,25,26). The minimum absolute atomic E-state index is 0.163. The average molecular weight is 424 g/mol. The second-order valence-electron chi connectivity index (χ2n) is 7.24. The van der Waals surface area contributed by atoms with Gasteiger partial charge < -0.3 is 30.7 Å². The zero-order valence-electron chi connectivity index (χ0n) is 16.9. The SMILES string of the molecule is Nc1nc(CCCNC(=O)C2COc3ccccc3O2)nc2cc(CO)c(CO)cc12. The van der Waals surface area contributed by atoms with Crippen LogP contribution in [0.15, 0.2) is 36.4 Å². The van der Waals surface area contributed by atoms with Gasteiger partial charge in [0.2, 0.25) is 6.10 Å². The fourth-order valence-electron chi connectivity index (χ4n) is 3.46. The number of benzene rings is 2. The number of nitrogens with one attached hydrogen (secondary N) is 1. The Morgan fingerprint density at radius 1 is 1.13 bits per heavy atom. The van der Waals surface area contributed by atoms with E-state index in [9.17, 15) is 15.0 Å². The molecule has 0 saturated carbocycles. The topological polar surface area (TPSA) is 140 Å². The summed E-state index contributed by atoms with van der Waals surface area (Å²) in [5.74, 6) is 1.81. The van der Waals surface area contributed by atoms with Crippen LogP contribution in [0, 0.1) is 0 Å². The molecule has 1 aromatic heterocycles. The highest BCUT2D eigenvalue weighted by molar-refractivity contribution is 5.89. The van der Waals surface area contributed by atoms with Gasteiger partial charge in [0.15, 0.2) is 11.5 Å². The van der Waals surface area contributed by atoms with Gasteiger partial charge in [-0.15, -0.1) is 0 Å². The predicted octanol–water partition coefficient (Wildman–Crippen LogP) is 1.09. The first kappa shape index (κ1) is 20.8. The maximum Gasteiger partial charge on any atom is 0.264 e. The van der Waals surface area contributed by atoms with Gasteiger partial charge in [-0.2, -0.15) is 0 Å². The third-order valence-electron chi connectivity index (χ3n) is 5.11. The highest BCUT2D eigenvalue weighted by atomic mass is 16.6. The number of aliphatic hydroxyl groups excluding tert-OH is 2. The lowest BCUT2D eigenvalue weighted by Gasteiger charge is -2.25. The largest absolute Gasteiger partial charge is 0.485 e. The van der Waals surface area contributed by atoms with Crippen LogP contribution in [0.4, 0.5) is 5.82 Å². The van der Waals surface area contributed by atoms with E-state index >= 15 is 0 Å². The predicted molar refractivity (Wildman–Crippen MR) is 113 cm³/mol. The molecule has 0 bridgehead atoms. The van der Waals surface area contributed by atoms with Crippen LogP contribution in [0.2, 0.25) is 0 Å². The lowest BCUT2D eigenvalue weighted by atomic mass is 10.0. The second-order valence-corrected chi connectivity index (χ2v) is 7.24. The first-order valence-electron chi connectivity index (χ1n) is 10.0. The second kappa shape index (κ2) is 9.15. The molecule has 1 unspecified atom stereocenters. The molecule has 0 fully saturated rings. The Kier molecular flexibility index (Phi) is 6.15. The normalized spacial score (nSPS) is 15.1. The summed E-state index contributed by atoms with van der Waals surface area (Å²) >= 11 is 0. The van der Waals surface area contributed by atoms with Gasteiger partial charge in [0.1, 0.15) is 18.2 Å². The quantitative estimate of drug-likeness (QED) is 0.413. The molecule has 1 amide bonds. The minimum Gasteiger partial charge on any atom is -0.485 e. The fraction of sp³-hybridized carbons (Fsp3) is 0.318. The van der Waals surface area contributed by atoms with Crippen molar-refractivity contribution in [2.45, 2.75) is 32.2 Å². The molecule has 1 aliphatic rings. The lowest BCUT2D eigenvalue weighted by molar-refractivity contribution is -0.130. The number of fused-ring (bicyclic) bond motifs is 2. The maximum atomic E-state index is 12.4. The van der Waals surface area contributed by atoms with E-state index in [1.165, 1.54) is 0 Å². The monoisotopic (exact) mass is 424 g/mol. The third-order valence-corrected chi connectivity index (χ3v) is 5.11. The van der Waals surface area contributed by atoms with Crippen molar-refractivity contribution in [2.75, 3.05) is 18.9 Å². The van der Waals surface area contributed by atoms with Gasteiger partial charge in [0, 0.05) is 18.4 Å². The summed E-state index contributed by atoms with van der Waals surface area (Å²) in [6, 6.07) is 10.6. The number of aryl methyl sites for hydroxylation is 1. The molecule has 2 heterocycles. The summed E-state index contributed by atoms with van der Waals surface area (Å²) < 4.78 is 11.3. The van der Waals surface area contributed by atoms with Crippen molar-refractivity contribution in [3.8, 4) is 11.5 Å². The van der Waals surface area contributed by atoms with Gasteiger partial charge >= 0.3 is 0 Å². The third kappa shape index (κ3) is 4.52. The number of rotatable bonds is 7. The molecule has 4 rings (SSSR count). The van der Waals surface area contributed by atoms with Gasteiger partial charge in [0.25, 0.3) is 5.91 Å². The van der Waals surface area contributed by atoms with Crippen LogP contribution >= 0.6 is 0 Å². The van der Waals surface area contributed by atoms with Crippen molar-refractivity contribution in [3.63, 3.8) is 0 Å². The summed E-state index contributed by atoms with van der Waals surface area (Å²) in [5.41, 5.74) is 7.87. The smallest absolute Gasteiger partial charge is 0.264 e. The van der Waals surface area contributed by atoms with E-state index in [0.29, 0.717) is 64.6 Å². The van der Waals surface area contributed by atoms with Crippen LogP contribution in [0.3, 0.4) is 0 Å². The number of para-hydroxylation sites is 2. The molecule has 162 valence electrons. The van der Waals surface area contributed by atoms with E-state index in [4.69, 9.17) is 15.2 Å². The average Bonchev–Trinajstić information content (AvgIpc) is 2.80. The molecule has 0 aliphatic carbocycles. The molecule has 3 aromatic rings. The lowest BCUT2D eigenvalue weighted by Crippen LogP contribution is -2.44. The molecule has 0 saturated heterocycles. The number of hydrogen-bond donors (Lipinski definition) is 4. The van der Waals surface area contributed by atoms with Crippen molar-refractivity contribution in [2.24, 2.45) is 0 Å². The Labute approximate surface area is 178 Å². The van der Waals surface area contributed by atoms with E-state index in [0.717, 1.165) is 0 Å². The molecule has 2 aromatic carbocycles. The van der Waals surface area contributed by atoms with E-state index in [1.807, 2.05) is 12.1 Å². The van der Waals surface area contributed by atoms with Gasteiger partial charge in [-0.1, -0.05) is 12.1 Å². The number of carbonyl (C=O) groups is 1. The molecule has 0 radical (unpaired) electrons. The molecule has 5 N–H and O–H groups in total. The molecule has 31 heavy (non-hydrogen) atoms. The Bertz CT molecular complexity index is 1100. The van der Waals surface area contributed by atoms with Crippen LogP contribution in [-0.4, -0.2) is 45.3 Å². The fourth-order valence-corrected chi connectivity index (χ4v) is 3.46. The zero-order valence-corrected chi connectivity index (χ0v) is 16.9. The van der Waals surface area contributed by atoms with Gasteiger partial charge in [0.05, 0.1) is 18.7 Å². The van der Waals surface area contributed by atoms with Crippen molar-refractivity contribution < 1.29 is 24.5 Å². The van der Waals surface area contributed by atoms with E-state index in [1.54, 1.807) is 24.3 Å². The van der Waals surface area contributed by atoms with Gasteiger partial charge in [-0.05, 0) is 41.8 Å². The molecule has 9 nitrogen and oxygen atoms in total. The first-order valence-corrected chi connectivity index (χ1v) is 10.0. The number of nitrogen functional groups attached to an aromatic ring is 1. The number of aromatic nitrogens is 2. The van der Waals surface area contributed by atoms with E-state index in [-0.39, 0.29) is 25.7 Å². The van der Waals surface area contributed by atoms with Crippen molar-refractivity contribution in [1.82, 2.24) is 15.3 Å². The van der Waals surface area contributed by atoms with Crippen molar-refractivity contribution in [3.05, 3.63) is 53.3 Å². The first-order chi connectivity index (χ1) is 15.1. The summed E-state index contributed by atoms with van der Waals surface area (Å²) in [5, 5.41) is 22.4. The van der Waals surface area contributed by atoms with Crippen LogP contribution in [0.25, 0.3) is 10.9 Å². The van der Waals surface area contributed by atoms with Crippen molar-refractivity contribution in [1.29, 1.82) is 0 Å². The van der Waals surface area contributed by atoms with Crippen LogP contribution < -0.4 is 20.5 Å². The number of nitrogens with zero attached hydrogens (tertiary/aromatic N) is 2. The maximum absolute atomic E-state index is 12.4. The van der Waals surface area contributed by atoms with Gasteiger partial charge in [-0.3, -0.25) is 4.79 Å². The molecule has 0 spiro atoms. The van der Waals surface area contributed by atoms with Crippen LogP contribution in [-0.2, 0) is 24.4 Å². The summed E-state index contributed by atoms with van der Waals surface area (Å²) in [7, 11) is 0. The van der Waals surface area contributed by atoms with Gasteiger partial charge in [-0.25, -0.2) is 9.97 Å². The van der Waals surface area contributed by atoms with E-state index in [2.05, 4.69) is 15.3 Å². The van der Waals surface area contributed by atoms with Crippen LogP contribution in [0.1, 0.15) is 23.4 Å². The molecular weight excluding hydrogens is 400 g/mol. The number of hydrogen-bond acceptors (Lipinski definition) is 8. The molecule has 1 aliphatic heterocycles. The minimum atomic E-state index is -0.694.